The topological polar surface area (TPSA) is 48.0 Å². The third-order valence-corrected chi connectivity index (χ3v) is 8.82. The quantitative estimate of drug-likeness (QED) is 0.204. The molecule has 5 heterocycles. The van der Waals surface area contributed by atoms with Crippen molar-refractivity contribution in [2.45, 2.75) is 6.42 Å². The molecule has 5 aromatic heterocycles. The van der Waals surface area contributed by atoms with E-state index < -0.39 is 0 Å². The molecule has 0 bridgehead atoms. The van der Waals surface area contributed by atoms with E-state index in [0.29, 0.717) is 0 Å². The first-order chi connectivity index (χ1) is 20.3. The van der Waals surface area contributed by atoms with Gasteiger partial charge in [0.15, 0.2) is 5.65 Å². The Hall–Kier alpha value is -5.55. The molecule has 5 heteroatoms. The molecule has 1 aliphatic carbocycles. The first-order valence-electron chi connectivity index (χ1n) is 13.9. The second-order valence-corrected chi connectivity index (χ2v) is 10.9. The van der Waals surface area contributed by atoms with Crippen LogP contribution in [0.15, 0.2) is 116 Å². The fourth-order valence-electron chi connectivity index (χ4n) is 7.16. The number of rotatable bonds is 1. The fourth-order valence-corrected chi connectivity index (χ4v) is 7.16. The number of imidazole rings is 1. The van der Waals surface area contributed by atoms with Crippen molar-refractivity contribution in [3.8, 4) is 16.8 Å². The lowest BCUT2D eigenvalue weighted by atomic mass is 9.99. The van der Waals surface area contributed by atoms with Crippen LogP contribution in [0.25, 0.3) is 77.2 Å². The maximum Gasteiger partial charge on any atom is 0.178 e. The molecular formula is C36H21N5. The third kappa shape index (κ3) is 2.68. The molecule has 0 saturated heterocycles. The van der Waals surface area contributed by atoms with Crippen molar-refractivity contribution in [3.05, 3.63) is 127 Å². The summed E-state index contributed by atoms with van der Waals surface area (Å²) in [6.07, 6.45) is 4.57. The number of pyridine rings is 3. The van der Waals surface area contributed by atoms with Crippen LogP contribution in [-0.4, -0.2) is 23.9 Å². The Morgan fingerprint density at radius 3 is 2.32 bits per heavy atom. The predicted octanol–water partition coefficient (Wildman–Crippen LogP) is 8.25. The lowest BCUT2D eigenvalue weighted by Crippen LogP contribution is -1.94. The van der Waals surface area contributed by atoms with Crippen LogP contribution in [0.5, 0.6) is 0 Å². The first-order valence-corrected chi connectivity index (χ1v) is 13.9. The van der Waals surface area contributed by atoms with Crippen molar-refractivity contribution >= 4 is 60.4 Å². The summed E-state index contributed by atoms with van der Waals surface area (Å²) in [6.45, 7) is 0. The van der Waals surface area contributed by atoms with E-state index in [1.165, 1.54) is 49.7 Å². The monoisotopic (exact) mass is 523 g/mol. The van der Waals surface area contributed by atoms with Crippen LogP contribution in [-0.2, 0) is 6.42 Å². The molecule has 5 nitrogen and oxygen atoms in total. The Balaban J connectivity index is 1.31. The van der Waals surface area contributed by atoms with Crippen molar-refractivity contribution in [1.82, 2.24) is 23.9 Å². The number of hydrogen-bond donors (Lipinski definition) is 0. The Morgan fingerprint density at radius 1 is 0.585 bits per heavy atom. The van der Waals surface area contributed by atoms with E-state index >= 15 is 0 Å². The van der Waals surface area contributed by atoms with Gasteiger partial charge in [0.2, 0.25) is 0 Å². The van der Waals surface area contributed by atoms with Gasteiger partial charge in [-0.25, -0.2) is 9.97 Å². The zero-order valence-corrected chi connectivity index (χ0v) is 21.9. The van der Waals surface area contributed by atoms with Crippen molar-refractivity contribution < 1.29 is 0 Å². The van der Waals surface area contributed by atoms with E-state index in [-0.39, 0.29) is 0 Å². The summed E-state index contributed by atoms with van der Waals surface area (Å²) in [7, 11) is 0. The van der Waals surface area contributed by atoms with Crippen LogP contribution in [0.4, 0.5) is 0 Å². The zero-order chi connectivity index (χ0) is 26.7. The van der Waals surface area contributed by atoms with E-state index in [0.717, 1.165) is 45.0 Å². The van der Waals surface area contributed by atoms with Crippen LogP contribution in [0.2, 0.25) is 0 Å². The summed E-state index contributed by atoms with van der Waals surface area (Å²) in [6, 6.07) is 36.9. The van der Waals surface area contributed by atoms with Crippen LogP contribution in [0.1, 0.15) is 11.1 Å². The minimum atomic E-state index is 0.754. The van der Waals surface area contributed by atoms with Gasteiger partial charge in [-0.3, -0.25) is 9.38 Å². The summed E-state index contributed by atoms with van der Waals surface area (Å²) in [5.74, 6) is 0. The van der Waals surface area contributed by atoms with E-state index in [1.807, 2.05) is 24.5 Å². The molecule has 190 valence electrons. The molecule has 0 spiro atoms. The zero-order valence-electron chi connectivity index (χ0n) is 21.9. The SMILES string of the molecule is c1ccc(-n2c3ccccc3c3c4c(ccc32)-c2cc3c(cc2C4)c2nc4ncccc4n2c2cccnc32)cc1. The number of benzene rings is 4. The highest BCUT2D eigenvalue weighted by atomic mass is 15.1. The maximum absolute atomic E-state index is 5.02. The molecular weight excluding hydrogens is 502 g/mol. The highest BCUT2D eigenvalue weighted by Gasteiger charge is 2.26. The Kier molecular flexibility index (Phi) is 3.92. The fraction of sp³-hybridized carbons (Fsp3) is 0.0278. The summed E-state index contributed by atoms with van der Waals surface area (Å²) in [5, 5.41) is 4.87. The minimum absolute atomic E-state index is 0.754. The maximum atomic E-state index is 5.02. The molecule has 0 radical (unpaired) electrons. The van der Waals surface area contributed by atoms with Crippen molar-refractivity contribution in [1.29, 1.82) is 0 Å². The number of hydrogen-bond acceptors (Lipinski definition) is 3. The van der Waals surface area contributed by atoms with Gasteiger partial charge in [-0.05, 0) is 89.3 Å². The number of aromatic nitrogens is 5. The first kappa shape index (κ1) is 21.3. The highest BCUT2D eigenvalue weighted by molar-refractivity contribution is 6.16. The summed E-state index contributed by atoms with van der Waals surface area (Å²) < 4.78 is 4.61. The highest BCUT2D eigenvalue weighted by Crippen LogP contribution is 2.46. The van der Waals surface area contributed by atoms with Gasteiger partial charge >= 0.3 is 0 Å². The van der Waals surface area contributed by atoms with Gasteiger partial charge in [-0.15, -0.1) is 0 Å². The average Bonchev–Trinajstić information content (AvgIpc) is 3.70. The summed E-state index contributed by atoms with van der Waals surface area (Å²) in [4.78, 5) is 14.5. The molecule has 4 aromatic carbocycles. The Morgan fingerprint density at radius 2 is 1.39 bits per heavy atom. The number of para-hydroxylation sites is 2. The number of nitrogens with zero attached hydrogens (tertiary/aromatic N) is 5. The van der Waals surface area contributed by atoms with Gasteiger partial charge in [0.1, 0.15) is 5.65 Å². The molecule has 0 unspecified atom stereocenters. The molecule has 0 N–H and O–H groups in total. The predicted molar refractivity (Wildman–Crippen MR) is 166 cm³/mol. The Bertz CT molecular complexity index is 2550. The standard InChI is InChI=1S/C36H21N5/c1-2-8-22(9-3-1)40-29-11-5-4-10-24(29)33-26-18-21-19-28-27(20-25(21)23(26)14-15-30(33)40)34-31(12-6-16-37-34)41-32-13-7-17-38-35(32)39-36(28)41/h1-17,19-20H,18H2. The smallest absolute Gasteiger partial charge is 0.178 e. The van der Waals surface area contributed by atoms with Crippen LogP contribution in [0.3, 0.4) is 0 Å². The van der Waals surface area contributed by atoms with E-state index in [2.05, 4.69) is 105 Å². The van der Waals surface area contributed by atoms with E-state index in [9.17, 15) is 0 Å². The Labute approximate surface area is 234 Å². The van der Waals surface area contributed by atoms with Crippen molar-refractivity contribution in [2.75, 3.05) is 0 Å². The van der Waals surface area contributed by atoms with Crippen LogP contribution >= 0.6 is 0 Å². The van der Waals surface area contributed by atoms with Gasteiger partial charge in [-0.2, -0.15) is 0 Å². The molecule has 0 aliphatic heterocycles. The third-order valence-electron chi connectivity index (χ3n) is 8.82. The second-order valence-electron chi connectivity index (χ2n) is 10.9. The molecule has 10 rings (SSSR count). The van der Waals surface area contributed by atoms with E-state index in [4.69, 9.17) is 9.97 Å². The van der Waals surface area contributed by atoms with Gasteiger partial charge in [0.05, 0.1) is 27.6 Å². The molecule has 1 aliphatic rings. The lowest BCUT2D eigenvalue weighted by molar-refractivity contribution is 1.18. The van der Waals surface area contributed by atoms with Crippen molar-refractivity contribution in [2.24, 2.45) is 0 Å². The molecule has 0 amide bonds. The largest absolute Gasteiger partial charge is 0.309 e. The molecule has 0 saturated carbocycles. The van der Waals surface area contributed by atoms with Gasteiger partial charge in [-0.1, -0.05) is 42.5 Å². The number of fused-ring (bicyclic) bond motifs is 15. The van der Waals surface area contributed by atoms with Crippen LogP contribution in [0, 0.1) is 0 Å². The molecule has 9 aromatic rings. The molecule has 0 atom stereocenters. The normalized spacial score (nSPS) is 12.8. The van der Waals surface area contributed by atoms with Gasteiger partial charge in [0.25, 0.3) is 0 Å². The summed E-state index contributed by atoms with van der Waals surface area (Å²) >= 11 is 0. The van der Waals surface area contributed by atoms with Gasteiger partial charge in [0, 0.05) is 39.6 Å². The molecule has 0 fully saturated rings. The van der Waals surface area contributed by atoms with Crippen LogP contribution < -0.4 is 0 Å². The summed E-state index contributed by atoms with van der Waals surface area (Å²) in [5.41, 5.74) is 13.7. The molecule has 41 heavy (non-hydrogen) atoms. The van der Waals surface area contributed by atoms with E-state index in [1.54, 1.807) is 0 Å². The average molecular weight is 524 g/mol. The van der Waals surface area contributed by atoms with Gasteiger partial charge < -0.3 is 4.57 Å². The lowest BCUT2D eigenvalue weighted by Gasteiger charge is -2.11. The minimum Gasteiger partial charge on any atom is -0.309 e. The van der Waals surface area contributed by atoms with Crippen molar-refractivity contribution in [3.63, 3.8) is 0 Å². The second kappa shape index (κ2) is 7.55.